The maximum Gasteiger partial charge on any atom is 0.405 e. The second-order valence-electron chi connectivity index (χ2n) is 2.29. The predicted octanol–water partition coefficient (Wildman–Crippen LogP) is 2.38. The molecular weight excluding hydrogens is 176 g/mol. The highest BCUT2D eigenvalue weighted by Crippen LogP contribution is 2.26. The largest absolute Gasteiger partial charge is 0.405 e. The number of hydrogen-bond donors (Lipinski definition) is 0. The van der Waals surface area contributed by atoms with Crippen molar-refractivity contribution in [2.24, 2.45) is 0 Å². The lowest BCUT2D eigenvalue weighted by Crippen LogP contribution is -2.35. The first-order valence-corrected chi connectivity index (χ1v) is 7.72. The highest BCUT2D eigenvalue weighted by atomic mass is 32.4. The van der Waals surface area contributed by atoms with Crippen molar-refractivity contribution in [3.05, 3.63) is 0 Å². The van der Waals surface area contributed by atoms with Gasteiger partial charge in [-0.1, -0.05) is 13.8 Å². The van der Waals surface area contributed by atoms with E-state index < -0.39 is 7.71 Å². The van der Waals surface area contributed by atoms with E-state index >= 15 is 0 Å². The predicted molar refractivity (Wildman–Crippen MR) is 53.0 cm³/mol. The molecule has 0 radical (unpaired) electrons. The third-order valence-electron chi connectivity index (χ3n) is 1.58. The van der Waals surface area contributed by atoms with E-state index in [1.54, 1.807) is 14.2 Å². The SMILES string of the molecule is CCCS[Si](CC)(OC)OC. The van der Waals surface area contributed by atoms with E-state index in [4.69, 9.17) is 8.85 Å². The van der Waals surface area contributed by atoms with Crippen LogP contribution in [0.5, 0.6) is 0 Å². The van der Waals surface area contributed by atoms with Crippen LogP contribution in [-0.2, 0) is 8.85 Å². The Morgan fingerprint density at radius 3 is 2.00 bits per heavy atom. The fraction of sp³-hybridized carbons (Fsp3) is 1.00. The van der Waals surface area contributed by atoms with E-state index in [-0.39, 0.29) is 0 Å². The van der Waals surface area contributed by atoms with E-state index in [0.29, 0.717) is 0 Å². The van der Waals surface area contributed by atoms with Gasteiger partial charge in [0.25, 0.3) is 0 Å². The molecule has 0 N–H and O–H groups in total. The molecule has 0 aromatic heterocycles. The van der Waals surface area contributed by atoms with Gasteiger partial charge in [-0.15, -0.1) is 11.2 Å². The average Bonchev–Trinajstić information content (AvgIpc) is 2.08. The van der Waals surface area contributed by atoms with E-state index in [2.05, 4.69) is 13.8 Å². The summed E-state index contributed by atoms with van der Waals surface area (Å²) in [5.41, 5.74) is 0. The maximum atomic E-state index is 5.42. The second-order valence-corrected chi connectivity index (χ2v) is 8.61. The van der Waals surface area contributed by atoms with Crippen LogP contribution in [0.15, 0.2) is 0 Å². The summed E-state index contributed by atoms with van der Waals surface area (Å²) < 4.78 is 10.8. The van der Waals surface area contributed by atoms with Crippen LogP contribution in [0, 0.1) is 0 Å². The van der Waals surface area contributed by atoms with Gasteiger partial charge >= 0.3 is 7.71 Å². The van der Waals surface area contributed by atoms with Gasteiger partial charge in [0.2, 0.25) is 0 Å². The Hall–Kier alpha value is 0.487. The zero-order valence-electron chi connectivity index (χ0n) is 7.85. The fourth-order valence-corrected chi connectivity index (χ4v) is 5.41. The summed E-state index contributed by atoms with van der Waals surface area (Å²) in [5.74, 6) is 1.14. The van der Waals surface area contributed by atoms with Crippen molar-refractivity contribution in [3.8, 4) is 0 Å². The minimum absolute atomic E-state index is 1.02. The van der Waals surface area contributed by atoms with E-state index in [1.807, 2.05) is 11.2 Å². The van der Waals surface area contributed by atoms with Crippen LogP contribution in [0.2, 0.25) is 6.04 Å². The molecule has 0 aliphatic carbocycles. The van der Waals surface area contributed by atoms with Crippen molar-refractivity contribution >= 4 is 18.9 Å². The van der Waals surface area contributed by atoms with Crippen molar-refractivity contribution in [1.29, 1.82) is 0 Å². The van der Waals surface area contributed by atoms with Gasteiger partial charge in [-0.25, -0.2) is 0 Å². The maximum absolute atomic E-state index is 5.42. The van der Waals surface area contributed by atoms with Gasteiger partial charge in [0, 0.05) is 14.2 Å². The molecular formula is C7H18O2SSi. The molecule has 0 aliphatic rings. The summed E-state index contributed by atoms with van der Waals surface area (Å²) in [6, 6.07) is 1.02. The van der Waals surface area contributed by atoms with Crippen LogP contribution in [0.25, 0.3) is 0 Å². The molecule has 0 aromatic carbocycles. The Labute approximate surface area is 74.6 Å². The van der Waals surface area contributed by atoms with Gasteiger partial charge in [-0.2, -0.15) is 0 Å². The molecule has 0 heterocycles. The van der Waals surface area contributed by atoms with Gasteiger partial charge in [0.05, 0.1) is 0 Å². The van der Waals surface area contributed by atoms with E-state index in [9.17, 15) is 0 Å². The molecule has 11 heavy (non-hydrogen) atoms. The Balaban J connectivity index is 3.84. The molecule has 0 saturated carbocycles. The molecule has 0 rings (SSSR count). The lowest BCUT2D eigenvalue weighted by molar-refractivity contribution is 0.269. The molecule has 0 atom stereocenters. The van der Waals surface area contributed by atoms with Gasteiger partial charge in [-0.05, 0) is 18.2 Å². The lowest BCUT2D eigenvalue weighted by atomic mass is 10.6. The normalized spacial score (nSPS) is 12.0. The van der Waals surface area contributed by atoms with E-state index in [0.717, 1.165) is 11.8 Å². The first-order valence-electron chi connectivity index (χ1n) is 3.99. The van der Waals surface area contributed by atoms with E-state index in [1.165, 1.54) is 6.42 Å². The average molecular weight is 194 g/mol. The fourth-order valence-electron chi connectivity index (χ4n) is 0.849. The molecule has 0 bridgehead atoms. The lowest BCUT2D eigenvalue weighted by Gasteiger charge is -2.24. The van der Waals surface area contributed by atoms with Gasteiger partial charge in [-0.3, -0.25) is 0 Å². The van der Waals surface area contributed by atoms with Crippen LogP contribution in [0.4, 0.5) is 0 Å². The van der Waals surface area contributed by atoms with Gasteiger partial charge in [0.1, 0.15) is 0 Å². The van der Waals surface area contributed by atoms with Crippen molar-refractivity contribution in [2.45, 2.75) is 26.3 Å². The highest BCUT2D eigenvalue weighted by molar-refractivity contribution is 8.27. The van der Waals surface area contributed by atoms with Crippen molar-refractivity contribution in [1.82, 2.24) is 0 Å². The Kier molecular flexibility index (Phi) is 6.32. The molecule has 68 valence electrons. The summed E-state index contributed by atoms with van der Waals surface area (Å²) in [6.07, 6.45) is 1.19. The first-order chi connectivity index (χ1) is 5.24. The monoisotopic (exact) mass is 194 g/mol. The number of rotatable bonds is 6. The summed E-state index contributed by atoms with van der Waals surface area (Å²) in [7, 11) is 1.68. The zero-order chi connectivity index (χ0) is 8.74. The zero-order valence-corrected chi connectivity index (χ0v) is 9.66. The standard InChI is InChI=1S/C7H18O2SSi/c1-5-7-10-11(6-2,8-3)9-4/h5-7H2,1-4H3. The van der Waals surface area contributed by atoms with Crippen LogP contribution in [0.1, 0.15) is 20.3 Å². The molecule has 0 unspecified atom stereocenters. The topological polar surface area (TPSA) is 18.5 Å². The molecule has 0 spiro atoms. The first kappa shape index (κ1) is 11.5. The highest BCUT2D eigenvalue weighted by Gasteiger charge is 2.33. The summed E-state index contributed by atoms with van der Waals surface area (Å²) in [4.78, 5) is 0. The molecule has 0 amide bonds. The molecule has 2 nitrogen and oxygen atoms in total. The quantitative estimate of drug-likeness (QED) is 0.605. The second kappa shape index (κ2) is 6.05. The summed E-state index contributed by atoms with van der Waals surface area (Å²) >= 11 is 1.86. The van der Waals surface area contributed by atoms with Crippen molar-refractivity contribution in [2.75, 3.05) is 20.0 Å². The van der Waals surface area contributed by atoms with Crippen LogP contribution in [0.3, 0.4) is 0 Å². The molecule has 0 aromatic rings. The van der Waals surface area contributed by atoms with Crippen molar-refractivity contribution < 1.29 is 8.85 Å². The van der Waals surface area contributed by atoms with Crippen molar-refractivity contribution in [3.63, 3.8) is 0 Å². The Morgan fingerprint density at radius 2 is 1.73 bits per heavy atom. The third kappa shape index (κ3) is 3.60. The minimum Gasteiger partial charge on any atom is -0.390 e. The molecule has 4 heteroatoms. The summed E-state index contributed by atoms with van der Waals surface area (Å²) in [6.45, 7) is 4.30. The van der Waals surface area contributed by atoms with Gasteiger partial charge in [0.15, 0.2) is 0 Å². The minimum atomic E-state index is -1.82. The summed E-state index contributed by atoms with van der Waals surface area (Å²) in [5, 5.41) is 0. The third-order valence-corrected chi connectivity index (χ3v) is 8.54. The Bertz CT molecular complexity index is 88.2. The smallest absolute Gasteiger partial charge is 0.390 e. The van der Waals surface area contributed by atoms with Crippen LogP contribution < -0.4 is 0 Å². The molecule has 0 saturated heterocycles. The van der Waals surface area contributed by atoms with Gasteiger partial charge < -0.3 is 8.85 Å². The Morgan fingerprint density at radius 1 is 1.18 bits per heavy atom. The van der Waals surface area contributed by atoms with Crippen LogP contribution >= 0.6 is 11.2 Å². The number of hydrogen-bond acceptors (Lipinski definition) is 3. The molecule has 0 aliphatic heterocycles. The van der Waals surface area contributed by atoms with Crippen LogP contribution in [-0.4, -0.2) is 27.7 Å². The molecule has 0 fully saturated rings.